The molecule has 1 aliphatic rings. The monoisotopic (exact) mass is 262 g/mol. The standard InChI is InChI=1S/C13H18N4O2/c1-4-6-14-13(18)12-7-11(16-19-12)10-8-15-17(5-2)9(10)3/h4,8,12H,1,5-7H2,2-3H3,(H,14,18). The molecule has 1 aromatic rings. The molecule has 0 aliphatic carbocycles. The van der Waals surface area contributed by atoms with Crippen LogP contribution in [-0.2, 0) is 16.2 Å². The molecule has 1 unspecified atom stereocenters. The van der Waals surface area contributed by atoms with E-state index in [1.165, 1.54) is 0 Å². The third-order valence-corrected chi connectivity index (χ3v) is 3.10. The first-order chi connectivity index (χ1) is 9.17. The maximum atomic E-state index is 11.7. The lowest BCUT2D eigenvalue weighted by Crippen LogP contribution is -2.34. The van der Waals surface area contributed by atoms with Crippen LogP contribution in [0.2, 0.25) is 0 Å². The van der Waals surface area contributed by atoms with Crippen LogP contribution < -0.4 is 5.32 Å². The third kappa shape index (κ3) is 2.67. The summed E-state index contributed by atoms with van der Waals surface area (Å²) >= 11 is 0. The quantitative estimate of drug-likeness (QED) is 0.805. The number of rotatable bonds is 5. The van der Waals surface area contributed by atoms with E-state index in [1.807, 2.05) is 18.5 Å². The van der Waals surface area contributed by atoms with Crippen molar-refractivity contribution in [1.29, 1.82) is 0 Å². The van der Waals surface area contributed by atoms with E-state index < -0.39 is 6.10 Å². The number of oxime groups is 1. The highest BCUT2D eigenvalue weighted by Crippen LogP contribution is 2.19. The smallest absolute Gasteiger partial charge is 0.264 e. The highest BCUT2D eigenvalue weighted by Gasteiger charge is 2.29. The summed E-state index contributed by atoms with van der Waals surface area (Å²) in [5.41, 5.74) is 2.76. The predicted molar refractivity (Wildman–Crippen MR) is 71.9 cm³/mol. The second kappa shape index (κ2) is 5.69. The van der Waals surface area contributed by atoms with E-state index in [0.29, 0.717) is 13.0 Å². The van der Waals surface area contributed by atoms with E-state index in [2.05, 4.69) is 22.2 Å². The summed E-state index contributed by atoms with van der Waals surface area (Å²) in [7, 11) is 0. The number of aryl methyl sites for hydroxylation is 1. The van der Waals surface area contributed by atoms with Crippen LogP contribution in [0.5, 0.6) is 0 Å². The Morgan fingerprint density at radius 1 is 1.74 bits per heavy atom. The van der Waals surface area contributed by atoms with Gasteiger partial charge in [0.2, 0.25) is 6.10 Å². The summed E-state index contributed by atoms with van der Waals surface area (Å²) in [6, 6.07) is 0. The van der Waals surface area contributed by atoms with Gasteiger partial charge in [0.1, 0.15) is 0 Å². The van der Waals surface area contributed by atoms with E-state index in [4.69, 9.17) is 4.84 Å². The number of amides is 1. The lowest BCUT2D eigenvalue weighted by atomic mass is 10.1. The molecular formula is C13H18N4O2. The second-order valence-electron chi connectivity index (χ2n) is 4.33. The number of nitrogens with one attached hydrogen (secondary N) is 1. The van der Waals surface area contributed by atoms with Crippen LogP contribution in [0.4, 0.5) is 0 Å². The number of nitrogens with zero attached hydrogens (tertiary/aromatic N) is 3. The lowest BCUT2D eigenvalue weighted by Gasteiger charge is -2.07. The van der Waals surface area contributed by atoms with Crippen molar-refractivity contribution >= 4 is 11.6 Å². The van der Waals surface area contributed by atoms with Crippen LogP contribution in [0.15, 0.2) is 24.0 Å². The fourth-order valence-electron chi connectivity index (χ4n) is 2.01. The molecule has 0 fully saturated rings. The van der Waals surface area contributed by atoms with Gasteiger partial charge < -0.3 is 10.2 Å². The molecule has 2 rings (SSSR count). The minimum atomic E-state index is -0.556. The summed E-state index contributed by atoms with van der Waals surface area (Å²) in [6.07, 6.45) is 3.31. The predicted octanol–water partition coefficient (Wildman–Crippen LogP) is 1.01. The summed E-state index contributed by atoms with van der Waals surface area (Å²) < 4.78 is 1.89. The third-order valence-electron chi connectivity index (χ3n) is 3.10. The Bertz CT molecular complexity index is 519. The SMILES string of the molecule is C=CCNC(=O)C1CC(c2cnn(CC)c2C)=NO1. The van der Waals surface area contributed by atoms with Gasteiger partial charge >= 0.3 is 0 Å². The minimum absolute atomic E-state index is 0.167. The van der Waals surface area contributed by atoms with Crippen molar-refractivity contribution in [3.05, 3.63) is 30.1 Å². The normalized spacial score (nSPS) is 17.8. The van der Waals surface area contributed by atoms with Gasteiger partial charge in [-0.15, -0.1) is 6.58 Å². The molecular weight excluding hydrogens is 244 g/mol. The van der Waals surface area contributed by atoms with E-state index in [0.717, 1.165) is 23.5 Å². The minimum Gasteiger partial charge on any atom is -0.382 e. The molecule has 0 bridgehead atoms. The average Bonchev–Trinajstić information content (AvgIpc) is 3.02. The molecule has 0 radical (unpaired) electrons. The van der Waals surface area contributed by atoms with Crippen molar-refractivity contribution in [2.45, 2.75) is 32.9 Å². The molecule has 1 aromatic heterocycles. The van der Waals surface area contributed by atoms with Gasteiger partial charge in [0.05, 0.1) is 11.9 Å². The Kier molecular flexibility index (Phi) is 3.99. The number of carbonyl (C=O) groups excluding carboxylic acids is 1. The number of carbonyl (C=O) groups is 1. The fourth-order valence-corrected chi connectivity index (χ4v) is 2.01. The summed E-state index contributed by atoms with van der Waals surface area (Å²) in [5.74, 6) is -0.167. The maximum Gasteiger partial charge on any atom is 0.264 e. The van der Waals surface area contributed by atoms with Crippen LogP contribution >= 0.6 is 0 Å². The molecule has 1 N–H and O–H groups in total. The van der Waals surface area contributed by atoms with Crippen molar-refractivity contribution < 1.29 is 9.63 Å². The molecule has 0 aromatic carbocycles. The molecule has 0 saturated heterocycles. The Morgan fingerprint density at radius 3 is 3.16 bits per heavy atom. The zero-order valence-electron chi connectivity index (χ0n) is 11.2. The molecule has 1 amide bonds. The van der Waals surface area contributed by atoms with Crippen molar-refractivity contribution in [2.24, 2.45) is 5.16 Å². The van der Waals surface area contributed by atoms with Crippen molar-refractivity contribution in [1.82, 2.24) is 15.1 Å². The Balaban J connectivity index is 2.03. The summed E-state index contributed by atoms with van der Waals surface area (Å²) in [5, 5.41) is 11.0. The second-order valence-corrected chi connectivity index (χ2v) is 4.33. The average molecular weight is 262 g/mol. The first-order valence-electron chi connectivity index (χ1n) is 6.31. The number of hydrogen-bond acceptors (Lipinski definition) is 4. The molecule has 1 atom stereocenters. The molecule has 1 aliphatic heterocycles. The van der Waals surface area contributed by atoms with Crippen molar-refractivity contribution in [3.63, 3.8) is 0 Å². The molecule has 6 nitrogen and oxygen atoms in total. The van der Waals surface area contributed by atoms with E-state index in [1.54, 1.807) is 12.3 Å². The van der Waals surface area contributed by atoms with Gasteiger partial charge in [-0.05, 0) is 13.8 Å². The Hall–Kier alpha value is -2.11. The fraction of sp³-hybridized carbons (Fsp3) is 0.462. The number of hydrogen-bond donors (Lipinski definition) is 1. The molecule has 6 heteroatoms. The number of aromatic nitrogens is 2. The largest absolute Gasteiger partial charge is 0.382 e. The molecule has 0 saturated carbocycles. The van der Waals surface area contributed by atoms with E-state index in [9.17, 15) is 4.79 Å². The van der Waals surface area contributed by atoms with Crippen molar-refractivity contribution in [3.8, 4) is 0 Å². The van der Waals surface area contributed by atoms with Crippen LogP contribution in [-0.4, -0.2) is 34.0 Å². The molecule has 2 heterocycles. The highest BCUT2D eigenvalue weighted by molar-refractivity contribution is 6.04. The van der Waals surface area contributed by atoms with Crippen LogP contribution in [0.1, 0.15) is 24.6 Å². The first kappa shape index (κ1) is 13.3. The molecule has 0 spiro atoms. The van der Waals surface area contributed by atoms with Gasteiger partial charge in [-0.2, -0.15) is 5.10 Å². The van der Waals surface area contributed by atoms with Gasteiger partial charge in [-0.3, -0.25) is 9.48 Å². The highest BCUT2D eigenvalue weighted by atomic mass is 16.6. The Morgan fingerprint density at radius 2 is 2.53 bits per heavy atom. The van der Waals surface area contributed by atoms with Gasteiger partial charge in [-0.25, -0.2) is 0 Å². The maximum absolute atomic E-state index is 11.7. The van der Waals surface area contributed by atoms with Gasteiger partial charge in [0, 0.05) is 30.8 Å². The van der Waals surface area contributed by atoms with Crippen molar-refractivity contribution in [2.75, 3.05) is 6.54 Å². The zero-order chi connectivity index (χ0) is 13.8. The summed E-state index contributed by atoms with van der Waals surface area (Å²) in [4.78, 5) is 16.9. The van der Waals surface area contributed by atoms with Gasteiger partial charge in [-0.1, -0.05) is 11.2 Å². The topological polar surface area (TPSA) is 68.5 Å². The van der Waals surface area contributed by atoms with Crippen LogP contribution in [0.3, 0.4) is 0 Å². The first-order valence-corrected chi connectivity index (χ1v) is 6.31. The summed E-state index contributed by atoms with van der Waals surface area (Å²) in [6.45, 7) is 8.81. The Labute approximate surface area is 112 Å². The van der Waals surface area contributed by atoms with E-state index >= 15 is 0 Å². The van der Waals surface area contributed by atoms with Crippen LogP contribution in [0, 0.1) is 6.92 Å². The zero-order valence-corrected chi connectivity index (χ0v) is 11.2. The van der Waals surface area contributed by atoms with E-state index in [-0.39, 0.29) is 5.91 Å². The molecule has 19 heavy (non-hydrogen) atoms. The van der Waals surface area contributed by atoms with Crippen LogP contribution in [0.25, 0.3) is 0 Å². The lowest BCUT2D eigenvalue weighted by molar-refractivity contribution is -0.130. The molecule has 102 valence electrons. The van der Waals surface area contributed by atoms with Gasteiger partial charge in [0.15, 0.2) is 0 Å². The van der Waals surface area contributed by atoms with Gasteiger partial charge in [0.25, 0.3) is 5.91 Å².